The topological polar surface area (TPSA) is 41.1 Å². The Labute approximate surface area is 112 Å². The molecule has 106 valence electrons. The largest absolute Gasteiger partial charge is 0.354 e. The van der Waals surface area contributed by atoms with Gasteiger partial charge in [0.05, 0.1) is 5.54 Å². The van der Waals surface area contributed by atoms with Crippen LogP contribution in [0.4, 0.5) is 0 Å². The smallest absolute Gasteiger partial charge is 0.240 e. The number of unbranched alkanes of at least 4 members (excludes halogenated alkanes) is 1. The average molecular weight is 254 g/mol. The van der Waals surface area contributed by atoms with Crippen LogP contribution >= 0.6 is 0 Å². The zero-order valence-corrected chi connectivity index (χ0v) is 12.3. The molecule has 18 heavy (non-hydrogen) atoms. The van der Waals surface area contributed by atoms with Gasteiger partial charge in [0.15, 0.2) is 0 Å². The van der Waals surface area contributed by atoms with Crippen LogP contribution in [-0.4, -0.2) is 24.5 Å². The Balaban J connectivity index is 2.34. The fourth-order valence-corrected chi connectivity index (χ4v) is 2.63. The lowest BCUT2D eigenvalue weighted by Gasteiger charge is -2.34. The molecule has 0 aliphatic carbocycles. The standard InChI is InChI=1S/C15H30N2O/c1-4-6-9-13(5-2)12-16-14(18)15(3)10-7-8-11-17-15/h13,17H,4-12H2,1-3H3,(H,16,18). The number of rotatable bonds is 7. The van der Waals surface area contributed by atoms with E-state index in [0.717, 1.165) is 32.4 Å². The Hall–Kier alpha value is -0.570. The summed E-state index contributed by atoms with van der Waals surface area (Å²) >= 11 is 0. The van der Waals surface area contributed by atoms with Gasteiger partial charge in [-0.25, -0.2) is 0 Å². The van der Waals surface area contributed by atoms with Crippen LogP contribution in [0.25, 0.3) is 0 Å². The van der Waals surface area contributed by atoms with Crippen molar-refractivity contribution in [2.24, 2.45) is 5.92 Å². The lowest BCUT2D eigenvalue weighted by molar-refractivity contribution is -0.128. The van der Waals surface area contributed by atoms with Crippen molar-refractivity contribution >= 4 is 5.91 Å². The Morgan fingerprint density at radius 2 is 2.17 bits per heavy atom. The van der Waals surface area contributed by atoms with E-state index in [1.54, 1.807) is 0 Å². The van der Waals surface area contributed by atoms with Gasteiger partial charge in [0, 0.05) is 6.54 Å². The van der Waals surface area contributed by atoms with E-state index in [0.29, 0.717) is 5.92 Å². The van der Waals surface area contributed by atoms with Crippen LogP contribution in [0.1, 0.15) is 65.7 Å². The highest BCUT2D eigenvalue weighted by atomic mass is 16.2. The van der Waals surface area contributed by atoms with Crippen molar-refractivity contribution < 1.29 is 4.79 Å². The predicted octanol–water partition coefficient (Wildman–Crippen LogP) is 2.85. The Bertz CT molecular complexity index is 247. The fourth-order valence-electron chi connectivity index (χ4n) is 2.63. The van der Waals surface area contributed by atoms with Gasteiger partial charge < -0.3 is 10.6 Å². The van der Waals surface area contributed by atoms with Gasteiger partial charge >= 0.3 is 0 Å². The molecule has 0 radical (unpaired) electrons. The van der Waals surface area contributed by atoms with Gasteiger partial charge in [-0.15, -0.1) is 0 Å². The second-order valence-corrected chi connectivity index (χ2v) is 5.84. The molecule has 0 spiro atoms. The van der Waals surface area contributed by atoms with E-state index >= 15 is 0 Å². The number of carbonyl (C=O) groups is 1. The van der Waals surface area contributed by atoms with Gasteiger partial charge in [-0.3, -0.25) is 4.79 Å². The first kappa shape index (κ1) is 15.5. The molecule has 0 saturated carbocycles. The van der Waals surface area contributed by atoms with Crippen molar-refractivity contribution in [3.05, 3.63) is 0 Å². The molecule has 1 fully saturated rings. The molecule has 1 saturated heterocycles. The van der Waals surface area contributed by atoms with Gasteiger partial charge in [-0.2, -0.15) is 0 Å². The number of carbonyl (C=O) groups excluding carboxylic acids is 1. The van der Waals surface area contributed by atoms with E-state index in [1.807, 2.05) is 6.92 Å². The lowest BCUT2D eigenvalue weighted by atomic mass is 9.89. The summed E-state index contributed by atoms with van der Waals surface area (Å²) in [5, 5.41) is 6.52. The SMILES string of the molecule is CCCCC(CC)CNC(=O)C1(C)CCCCN1. The van der Waals surface area contributed by atoms with Gasteiger partial charge in [-0.1, -0.05) is 33.1 Å². The highest BCUT2D eigenvalue weighted by Crippen LogP contribution is 2.19. The summed E-state index contributed by atoms with van der Waals surface area (Å²) in [5.41, 5.74) is -0.332. The molecule has 3 nitrogen and oxygen atoms in total. The van der Waals surface area contributed by atoms with E-state index in [9.17, 15) is 4.79 Å². The van der Waals surface area contributed by atoms with E-state index in [4.69, 9.17) is 0 Å². The molecule has 2 unspecified atom stereocenters. The summed E-state index contributed by atoms with van der Waals surface area (Å²) in [6, 6.07) is 0. The number of amides is 1. The van der Waals surface area contributed by atoms with E-state index in [-0.39, 0.29) is 11.4 Å². The van der Waals surface area contributed by atoms with E-state index in [1.165, 1.54) is 25.7 Å². The monoisotopic (exact) mass is 254 g/mol. The fraction of sp³-hybridized carbons (Fsp3) is 0.933. The first-order valence-electron chi connectivity index (χ1n) is 7.65. The van der Waals surface area contributed by atoms with Crippen molar-refractivity contribution in [1.29, 1.82) is 0 Å². The van der Waals surface area contributed by atoms with Gasteiger partial charge in [0.2, 0.25) is 5.91 Å². The summed E-state index contributed by atoms with van der Waals surface area (Å²) in [6.45, 7) is 8.28. The number of nitrogens with one attached hydrogen (secondary N) is 2. The Morgan fingerprint density at radius 3 is 2.72 bits per heavy atom. The second kappa shape index (κ2) is 7.78. The molecular formula is C15H30N2O. The second-order valence-electron chi connectivity index (χ2n) is 5.84. The summed E-state index contributed by atoms with van der Waals surface area (Å²) in [5.74, 6) is 0.832. The van der Waals surface area contributed by atoms with Crippen LogP contribution in [0.2, 0.25) is 0 Å². The molecule has 2 N–H and O–H groups in total. The third-order valence-electron chi connectivity index (χ3n) is 4.21. The highest BCUT2D eigenvalue weighted by molar-refractivity contribution is 5.85. The van der Waals surface area contributed by atoms with Gasteiger partial charge in [0.25, 0.3) is 0 Å². The van der Waals surface area contributed by atoms with Crippen LogP contribution in [0.3, 0.4) is 0 Å². The van der Waals surface area contributed by atoms with E-state index < -0.39 is 0 Å². The van der Waals surface area contributed by atoms with Crippen LogP contribution in [0.15, 0.2) is 0 Å². The summed E-state index contributed by atoms with van der Waals surface area (Å²) < 4.78 is 0. The molecule has 1 aliphatic heterocycles. The Morgan fingerprint density at radius 1 is 1.39 bits per heavy atom. The summed E-state index contributed by atoms with van der Waals surface area (Å²) in [6.07, 6.45) is 8.21. The minimum Gasteiger partial charge on any atom is -0.354 e. The maximum absolute atomic E-state index is 12.2. The molecule has 2 atom stereocenters. The third kappa shape index (κ3) is 4.60. The molecule has 1 aliphatic rings. The maximum atomic E-state index is 12.2. The molecule has 1 rings (SSSR count). The summed E-state index contributed by atoms with van der Waals surface area (Å²) in [7, 11) is 0. The first-order chi connectivity index (χ1) is 8.62. The lowest BCUT2D eigenvalue weighted by Crippen LogP contribution is -2.57. The number of hydrogen-bond donors (Lipinski definition) is 2. The van der Waals surface area contributed by atoms with Crippen LogP contribution in [-0.2, 0) is 4.79 Å². The van der Waals surface area contributed by atoms with Gasteiger partial charge in [0.1, 0.15) is 0 Å². The molecule has 0 bridgehead atoms. The molecule has 0 aromatic heterocycles. The quantitative estimate of drug-likeness (QED) is 0.733. The van der Waals surface area contributed by atoms with Crippen molar-refractivity contribution in [3.63, 3.8) is 0 Å². The minimum absolute atomic E-state index is 0.192. The predicted molar refractivity (Wildman–Crippen MR) is 76.6 cm³/mol. The van der Waals surface area contributed by atoms with Crippen LogP contribution in [0.5, 0.6) is 0 Å². The maximum Gasteiger partial charge on any atom is 0.240 e. The minimum atomic E-state index is -0.332. The van der Waals surface area contributed by atoms with Crippen LogP contribution < -0.4 is 10.6 Å². The first-order valence-corrected chi connectivity index (χ1v) is 7.65. The molecule has 0 aromatic rings. The van der Waals surface area contributed by atoms with Crippen molar-refractivity contribution in [2.45, 2.75) is 71.3 Å². The van der Waals surface area contributed by atoms with Crippen molar-refractivity contribution in [3.8, 4) is 0 Å². The van der Waals surface area contributed by atoms with Crippen LogP contribution in [0, 0.1) is 5.92 Å². The van der Waals surface area contributed by atoms with Gasteiger partial charge in [-0.05, 0) is 45.1 Å². The summed E-state index contributed by atoms with van der Waals surface area (Å²) in [4.78, 5) is 12.2. The zero-order valence-electron chi connectivity index (χ0n) is 12.3. The molecule has 0 aromatic carbocycles. The van der Waals surface area contributed by atoms with E-state index in [2.05, 4.69) is 24.5 Å². The third-order valence-corrected chi connectivity index (χ3v) is 4.21. The number of hydrogen-bond acceptors (Lipinski definition) is 2. The molecule has 1 amide bonds. The highest BCUT2D eigenvalue weighted by Gasteiger charge is 2.34. The Kier molecular flexibility index (Phi) is 6.69. The zero-order chi connectivity index (χ0) is 13.4. The molecule has 3 heteroatoms. The molecular weight excluding hydrogens is 224 g/mol. The van der Waals surface area contributed by atoms with Crippen molar-refractivity contribution in [2.75, 3.05) is 13.1 Å². The molecule has 1 heterocycles. The van der Waals surface area contributed by atoms with Crippen molar-refractivity contribution in [1.82, 2.24) is 10.6 Å². The average Bonchev–Trinajstić information content (AvgIpc) is 2.39. The normalized spacial score (nSPS) is 25.7. The number of piperidine rings is 1.